The normalized spacial score (nSPS) is 11.9. The third kappa shape index (κ3) is 10.9. The Hall–Kier alpha value is -2.91. The Kier molecular flexibility index (Phi) is 14.6. The first kappa shape index (κ1) is 31.6. The van der Waals surface area contributed by atoms with Crippen molar-refractivity contribution in [2.45, 2.75) is 110 Å². The van der Waals surface area contributed by atoms with E-state index in [9.17, 15) is 4.79 Å². The monoisotopic (exact) mass is 542 g/mol. The van der Waals surface area contributed by atoms with Crippen LogP contribution < -0.4 is 4.74 Å². The van der Waals surface area contributed by atoms with Crippen molar-refractivity contribution in [2.75, 3.05) is 6.61 Å². The van der Waals surface area contributed by atoms with Crippen LogP contribution in [-0.4, -0.2) is 12.6 Å². The van der Waals surface area contributed by atoms with E-state index in [1.807, 2.05) is 48.5 Å². The molecule has 0 aromatic heterocycles. The molecule has 0 saturated carbocycles. The molecule has 0 aliphatic heterocycles. The molecule has 0 radical (unpaired) electrons. The second-order valence-corrected chi connectivity index (χ2v) is 11.0. The second-order valence-electron chi connectivity index (χ2n) is 11.0. The summed E-state index contributed by atoms with van der Waals surface area (Å²) in [5.74, 6) is 0.337. The topological polar surface area (TPSA) is 35.5 Å². The Morgan fingerprint density at radius 1 is 0.650 bits per heavy atom. The number of unbranched alkanes of at least 4 members (excludes halogenated alkanes) is 10. The van der Waals surface area contributed by atoms with E-state index in [1.165, 1.54) is 63.4 Å². The lowest BCUT2D eigenvalue weighted by Gasteiger charge is -2.14. The molecule has 0 saturated heterocycles. The summed E-state index contributed by atoms with van der Waals surface area (Å²) < 4.78 is 11.9. The van der Waals surface area contributed by atoms with Crippen molar-refractivity contribution in [1.82, 2.24) is 0 Å². The van der Waals surface area contributed by atoms with Crippen LogP contribution in [0.15, 0.2) is 72.8 Å². The Labute approximate surface area is 243 Å². The molecule has 0 fully saturated rings. The van der Waals surface area contributed by atoms with E-state index in [1.54, 1.807) is 0 Å². The molecule has 0 heterocycles. The van der Waals surface area contributed by atoms with Crippen LogP contribution in [0.2, 0.25) is 0 Å². The number of hydrogen-bond donors (Lipinski definition) is 0. The molecular formula is C37H50O3. The van der Waals surface area contributed by atoms with Gasteiger partial charge in [-0.3, -0.25) is 0 Å². The second kappa shape index (κ2) is 18.4. The summed E-state index contributed by atoms with van der Waals surface area (Å²) in [6, 6.07) is 24.0. The molecular weight excluding hydrogens is 492 g/mol. The maximum absolute atomic E-state index is 12.8. The minimum atomic E-state index is -0.320. The first-order valence-electron chi connectivity index (χ1n) is 15.7. The third-order valence-electron chi connectivity index (χ3n) is 7.67. The average Bonchev–Trinajstić information content (AvgIpc) is 2.99. The number of rotatable bonds is 19. The molecule has 3 aromatic carbocycles. The summed E-state index contributed by atoms with van der Waals surface area (Å²) >= 11 is 0. The van der Waals surface area contributed by atoms with Crippen molar-refractivity contribution in [2.24, 2.45) is 0 Å². The fraction of sp³-hybridized carbons (Fsp3) is 0.486. The maximum Gasteiger partial charge on any atom is 0.343 e. The van der Waals surface area contributed by atoms with E-state index in [-0.39, 0.29) is 12.1 Å². The summed E-state index contributed by atoms with van der Waals surface area (Å²) in [6.07, 6.45) is 16.6. The van der Waals surface area contributed by atoms with Crippen LogP contribution in [-0.2, 0) is 11.2 Å². The van der Waals surface area contributed by atoms with Gasteiger partial charge in [0.15, 0.2) is 0 Å². The first-order chi connectivity index (χ1) is 19.6. The van der Waals surface area contributed by atoms with E-state index in [4.69, 9.17) is 9.47 Å². The Bertz CT molecular complexity index is 1100. The lowest BCUT2D eigenvalue weighted by atomic mass is 10.0. The Morgan fingerprint density at radius 2 is 1.20 bits per heavy atom. The van der Waals surface area contributed by atoms with Gasteiger partial charge in [0.05, 0.1) is 11.7 Å². The van der Waals surface area contributed by atoms with E-state index < -0.39 is 0 Å². The minimum absolute atomic E-state index is 0.0879. The molecule has 1 unspecified atom stereocenters. The summed E-state index contributed by atoms with van der Waals surface area (Å²) in [4.78, 5) is 12.8. The molecule has 0 bridgehead atoms. The van der Waals surface area contributed by atoms with Crippen molar-refractivity contribution >= 4 is 5.97 Å². The van der Waals surface area contributed by atoms with Gasteiger partial charge in [-0.15, -0.1) is 0 Å². The average molecular weight is 543 g/mol. The van der Waals surface area contributed by atoms with Crippen LogP contribution in [0.4, 0.5) is 0 Å². The quantitative estimate of drug-likeness (QED) is 0.0858. The highest BCUT2D eigenvalue weighted by molar-refractivity contribution is 5.91. The highest BCUT2D eigenvalue weighted by Gasteiger charge is 2.12. The van der Waals surface area contributed by atoms with Crippen LogP contribution in [0, 0.1) is 0 Å². The number of ether oxygens (including phenoxy) is 2. The Balaban J connectivity index is 1.40. The van der Waals surface area contributed by atoms with Gasteiger partial charge in [-0.2, -0.15) is 0 Å². The molecule has 3 nitrogen and oxygen atoms in total. The molecule has 3 heteroatoms. The third-order valence-corrected chi connectivity index (χ3v) is 7.67. The maximum atomic E-state index is 12.8. The molecule has 3 aromatic rings. The molecule has 216 valence electrons. The number of carbonyl (C=O) groups is 1. The van der Waals surface area contributed by atoms with Gasteiger partial charge in [0.1, 0.15) is 5.75 Å². The molecule has 0 spiro atoms. The molecule has 40 heavy (non-hydrogen) atoms. The zero-order valence-electron chi connectivity index (χ0n) is 25.1. The van der Waals surface area contributed by atoms with Crippen LogP contribution >= 0.6 is 0 Å². The Morgan fingerprint density at radius 3 is 1.82 bits per heavy atom. The van der Waals surface area contributed by atoms with E-state index in [0.717, 1.165) is 49.0 Å². The van der Waals surface area contributed by atoms with Crippen LogP contribution in [0.3, 0.4) is 0 Å². The number of hydrogen-bond acceptors (Lipinski definition) is 3. The number of para-hydroxylation sites is 1. The number of benzene rings is 3. The van der Waals surface area contributed by atoms with Crippen molar-refractivity contribution in [1.29, 1.82) is 0 Å². The van der Waals surface area contributed by atoms with Gasteiger partial charge in [-0.05, 0) is 66.6 Å². The smallest absolute Gasteiger partial charge is 0.343 e. The summed E-state index contributed by atoms with van der Waals surface area (Å²) in [7, 11) is 0. The van der Waals surface area contributed by atoms with E-state index in [0.29, 0.717) is 11.3 Å². The molecule has 1 atom stereocenters. The van der Waals surface area contributed by atoms with Gasteiger partial charge in [0.2, 0.25) is 0 Å². The fourth-order valence-electron chi connectivity index (χ4n) is 5.03. The number of esters is 1. The molecule has 0 aliphatic rings. The van der Waals surface area contributed by atoms with Crippen molar-refractivity contribution < 1.29 is 14.3 Å². The summed E-state index contributed by atoms with van der Waals surface area (Å²) in [6.45, 7) is 7.39. The van der Waals surface area contributed by atoms with Crippen LogP contribution in [0.5, 0.6) is 5.75 Å². The standard InChI is InChI=1S/C37H50O3/c1-4-6-8-9-10-11-12-13-14-17-29-39-30(3)31-21-23-32(24-22-31)33-25-27-35(28-26-33)37(38)40-36-20-16-15-19-34(36)18-7-5-2/h15-16,19-28,30H,4-14,17-18,29H2,1-3H3. The first-order valence-corrected chi connectivity index (χ1v) is 15.7. The zero-order valence-corrected chi connectivity index (χ0v) is 25.1. The largest absolute Gasteiger partial charge is 0.423 e. The van der Waals surface area contributed by atoms with Gasteiger partial charge < -0.3 is 9.47 Å². The number of aryl methyl sites for hydroxylation is 1. The predicted octanol–water partition coefficient (Wildman–Crippen LogP) is 10.9. The van der Waals surface area contributed by atoms with Crippen LogP contribution in [0.25, 0.3) is 11.1 Å². The predicted molar refractivity (Wildman–Crippen MR) is 168 cm³/mol. The van der Waals surface area contributed by atoms with E-state index in [2.05, 4.69) is 45.0 Å². The highest BCUT2D eigenvalue weighted by Crippen LogP contribution is 2.26. The van der Waals surface area contributed by atoms with Crippen molar-refractivity contribution in [3.05, 3.63) is 89.5 Å². The SMILES string of the molecule is CCCCCCCCCCCCOC(C)c1ccc(-c2ccc(C(=O)Oc3ccccc3CCCC)cc2)cc1. The highest BCUT2D eigenvalue weighted by atomic mass is 16.5. The van der Waals surface area contributed by atoms with Gasteiger partial charge in [-0.25, -0.2) is 4.79 Å². The van der Waals surface area contributed by atoms with Crippen molar-refractivity contribution in [3.63, 3.8) is 0 Å². The number of carbonyl (C=O) groups excluding carboxylic acids is 1. The molecule has 0 aliphatic carbocycles. The lowest BCUT2D eigenvalue weighted by molar-refractivity contribution is 0.0627. The van der Waals surface area contributed by atoms with Crippen molar-refractivity contribution in [3.8, 4) is 16.9 Å². The zero-order chi connectivity index (χ0) is 28.4. The van der Waals surface area contributed by atoms with Gasteiger partial charge in [-0.1, -0.05) is 133 Å². The van der Waals surface area contributed by atoms with Crippen LogP contribution in [0.1, 0.15) is 125 Å². The van der Waals surface area contributed by atoms with E-state index >= 15 is 0 Å². The van der Waals surface area contributed by atoms with Gasteiger partial charge >= 0.3 is 5.97 Å². The van der Waals surface area contributed by atoms with Gasteiger partial charge in [0.25, 0.3) is 0 Å². The minimum Gasteiger partial charge on any atom is -0.423 e. The molecule has 0 N–H and O–H groups in total. The molecule has 3 rings (SSSR count). The van der Waals surface area contributed by atoms with Gasteiger partial charge in [0, 0.05) is 6.61 Å². The lowest BCUT2D eigenvalue weighted by Crippen LogP contribution is -2.09. The molecule has 0 amide bonds. The summed E-state index contributed by atoms with van der Waals surface area (Å²) in [5, 5.41) is 0. The summed E-state index contributed by atoms with van der Waals surface area (Å²) in [5.41, 5.74) is 5.02. The fourth-order valence-corrected chi connectivity index (χ4v) is 5.03.